The van der Waals surface area contributed by atoms with Gasteiger partial charge in [-0.2, -0.15) is 5.10 Å². The third-order valence-electron chi connectivity index (χ3n) is 2.37. The number of amides is 1. The number of hydrogen-bond donors (Lipinski definition) is 3. The fraction of sp³-hybridized carbons (Fsp3) is 0. The lowest BCUT2D eigenvalue weighted by molar-refractivity contribution is 0.0954. The molecule has 19 heavy (non-hydrogen) atoms. The normalized spacial score (nSPS) is 10.5. The third kappa shape index (κ3) is 3.26. The van der Waals surface area contributed by atoms with Gasteiger partial charge in [-0.15, -0.1) is 0 Å². The Kier molecular flexibility index (Phi) is 4.04. The molecule has 5 nitrogen and oxygen atoms in total. The van der Waals surface area contributed by atoms with Crippen LogP contribution in [0.3, 0.4) is 0 Å². The number of nitrogens with one attached hydrogen (secondary N) is 2. The maximum absolute atomic E-state index is 11.8. The molecule has 1 aromatic heterocycles. The lowest BCUT2D eigenvalue weighted by Crippen LogP contribution is -2.18. The van der Waals surface area contributed by atoms with Crippen LogP contribution >= 0.6 is 12.2 Å². The van der Waals surface area contributed by atoms with E-state index in [-0.39, 0.29) is 5.75 Å². The zero-order valence-electron chi connectivity index (χ0n) is 9.83. The molecule has 0 saturated carbocycles. The van der Waals surface area contributed by atoms with E-state index in [1.165, 1.54) is 12.3 Å². The van der Waals surface area contributed by atoms with E-state index in [9.17, 15) is 9.90 Å². The number of rotatable bonds is 3. The smallest absolute Gasteiger partial charge is 0.274 e. The first-order valence-electron chi connectivity index (χ1n) is 5.47. The topological polar surface area (TPSA) is 77.5 Å². The molecule has 1 amide bonds. The number of hydrazone groups is 1. The Balaban J connectivity index is 2.08. The van der Waals surface area contributed by atoms with E-state index in [2.05, 4.69) is 15.5 Å². The minimum atomic E-state index is -0.409. The van der Waals surface area contributed by atoms with Gasteiger partial charge in [-0.1, -0.05) is 24.4 Å². The summed E-state index contributed by atoms with van der Waals surface area (Å²) in [6, 6.07) is 9.96. The molecular formula is C13H11N3O2S. The van der Waals surface area contributed by atoms with Gasteiger partial charge in [0.1, 0.15) is 10.4 Å². The van der Waals surface area contributed by atoms with Crippen molar-refractivity contribution in [3.63, 3.8) is 0 Å². The molecule has 0 aliphatic carbocycles. The molecule has 0 unspecified atom stereocenters. The Morgan fingerprint density at radius 2 is 2.11 bits per heavy atom. The van der Waals surface area contributed by atoms with Crippen molar-refractivity contribution in [1.82, 2.24) is 10.4 Å². The first-order chi connectivity index (χ1) is 9.18. The second-order valence-electron chi connectivity index (χ2n) is 3.67. The Hall–Kier alpha value is -2.47. The van der Waals surface area contributed by atoms with Gasteiger partial charge in [-0.25, -0.2) is 5.43 Å². The number of carbonyl (C=O) groups excluding carboxylic acids is 1. The largest absolute Gasteiger partial charge is 0.507 e. The van der Waals surface area contributed by atoms with Crippen LogP contribution in [0.15, 0.2) is 47.7 Å². The molecule has 0 aliphatic rings. The van der Waals surface area contributed by atoms with Crippen molar-refractivity contribution < 1.29 is 9.90 Å². The van der Waals surface area contributed by atoms with E-state index in [4.69, 9.17) is 12.2 Å². The number of aromatic hydroxyl groups is 1. The summed E-state index contributed by atoms with van der Waals surface area (Å²) in [6.45, 7) is 0. The van der Waals surface area contributed by atoms with E-state index in [0.717, 1.165) is 0 Å². The number of phenolic OH excluding ortho intramolecular Hbond substituents is 1. The number of benzene rings is 1. The van der Waals surface area contributed by atoms with Gasteiger partial charge in [0.25, 0.3) is 5.91 Å². The lowest BCUT2D eigenvalue weighted by Gasteiger charge is -2.00. The van der Waals surface area contributed by atoms with Crippen molar-refractivity contribution in [2.45, 2.75) is 0 Å². The number of aromatic nitrogens is 1. The number of phenols is 1. The molecule has 0 bridgehead atoms. The van der Waals surface area contributed by atoms with Crippen LogP contribution in [0.4, 0.5) is 0 Å². The Morgan fingerprint density at radius 1 is 1.32 bits per heavy atom. The summed E-state index contributed by atoms with van der Waals surface area (Å²) in [6.07, 6.45) is 3.01. The quantitative estimate of drug-likeness (QED) is 0.456. The predicted molar refractivity (Wildman–Crippen MR) is 74.8 cm³/mol. The zero-order chi connectivity index (χ0) is 13.7. The van der Waals surface area contributed by atoms with Crippen molar-refractivity contribution >= 4 is 24.3 Å². The van der Waals surface area contributed by atoms with Crippen molar-refractivity contribution in [3.8, 4) is 5.75 Å². The zero-order valence-corrected chi connectivity index (χ0v) is 10.6. The second kappa shape index (κ2) is 5.92. The Morgan fingerprint density at radius 3 is 2.84 bits per heavy atom. The third-order valence-corrected chi connectivity index (χ3v) is 2.71. The molecule has 3 N–H and O–H groups in total. The highest BCUT2D eigenvalue weighted by atomic mass is 32.1. The fourth-order valence-corrected chi connectivity index (χ4v) is 1.65. The van der Waals surface area contributed by atoms with Gasteiger partial charge in [0.05, 0.1) is 11.8 Å². The average molecular weight is 273 g/mol. The van der Waals surface area contributed by atoms with Gasteiger partial charge < -0.3 is 10.1 Å². The van der Waals surface area contributed by atoms with Gasteiger partial charge in [0.2, 0.25) is 0 Å². The summed E-state index contributed by atoms with van der Waals surface area (Å²) in [5.74, 6) is -0.314. The second-order valence-corrected chi connectivity index (χ2v) is 4.08. The minimum absolute atomic E-state index is 0.0949. The number of pyridine rings is 1. The highest BCUT2D eigenvalue weighted by Gasteiger charge is 2.05. The highest BCUT2D eigenvalue weighted by Crippen LogP contribution is 2.12. The molecule has 96 valence electrons. The van der Waals surface area contributed by atoms with Crippen molar-refractivity contribution in [3.05, 3.63) is 58.4 Å². The van der Waals surface area contributed by atoms with Crippen LogP contribution < -0.4 is 5.43 Å². The molecule has 0 spiro atoms. The van der Waals surface area contributed by atoms with Gasteiger partial charge in [0, 0.05) is 11.8 Å². The molecule has 2 aromatic rings. The van der Waals surface area contributed by atoms with E-state index in [1.807, 2.05) is 0 Å². The molecule has 0 radical (unpaired) electrons. The summed E-state index contributed by atoms with van der Waals surface area (Å²) < 4.78 is 0.345. The molecular weight excluding hydrogens is 262 g/mol. The number of H-pyrrole nitrogens is 1. The summed E-state index contributed by atoms with van der Waals surface area (Å²) in [4.78, 5) is 14.5. The summed E-state index contributed by atoms with van der Waals surface area (Å²) in [5, 5.41) is 13.3. The van der Waals surface area contributed by atoms with Gasteiger partial charge in [0.15, 0.2) is 0 Å². The summed E-state index contributed by atoms with van der Waals surface area (Å²) in [7, 11) is 0. The maximum Gasteiger partial charge on any atom is 0.274 e. The molecule has 2 rings (SSSR count). The molecule has 0 aliphatic heterocycles. The monoisotopic (exact) mass is 273 g/mol. The number of nitrogens with zero attached hydrogens (tertiary/aromatic N) is 1. The van der Waals surface area contributed by atoms with E-state index < -0.39 is 5.91 Å². The number of aromatic amines is 1. The maximum atomic E-state index is 11.8. The van der Waals surface area contributed by atoms with E-state index in [0.29, 0.717) is 15.8 Å². The highest BCUT2D eigenvalue weighted by molar-refractivity contribution is 7.71. The Labute approximate surface area is 114 Å². The van der Waals surface area contributed by atoms with Crippen LogP contribution in [0.5, 0.6) is 5.75 Å². The molecule has 0 saturated heterocycles. The number of hydrogen-bond acceptors (Lipinski definition) is 4. The first kappa shape index (κ1) is 13.0. The average Bonchev–Trinajstić information content (AvgIpc) is 2.41. The lowest BCUT2D eigenvalue weighted by atomic mass is 10.2. The molecule has 0 fully saturated rings. The minimum Gasteiger partial charge on any atom is -0.507 e. The Bertz CT molecular complexity index is 679. The van der Waals surface area contributed by atoms with Crippen LogP contribution in [0.1, 0.15) is 15.9 Å². The van der Waals surface area contributed by atoms with Crippen molar-refractivity contribution in [1.29, 1.82) is 0 Å². The van der Waals surface area contributed by atoms with Gasteiger partial charge in [-0.3, -0.25) is 4.79 Å². The van der Waals surface area contributed by atoms with Crippen LogP contribution in [0, 0.1) is 4.64 Å². The SMILES string of the molecule is O=C(N/N=C/c1ccccc1O)c1ccc[nH]c1=S. The van der Waals surface area contributed by atoms with Crippen LogP contribution in [0.25, 0.3) is 0 Å². The predicted octanol–water partition coefficient (Wildman–Crippen LogP) is 2.21. The number of carbonyl (C=O) groups is 1. The molecule has 1 heterocycles. The van der Waals surface area contributed by atoms with Crippen LogP contribution in [-0.2, 0) is 0 Å². The van der Waals surface area contributed by atoms with Crippen LogP contribution in [0.2, 0.25) is 0 Å². The summed E-state index contributed by atoms with van der Waals surface area (Å²) in [5.41, 5.74) is 3.20. The number of para-hydroxylation sites is 1. The van der Waals surface area contributed by atoms with Crippen molar-refractivity contribution in [2.24, 2.45) is 5.10 Å². The molecule has 6 heteroatoms. The van der Waals surface area contributed by atoms with E-state index in [1.54, 1.807) is 36.5 Å². The first-order valence-corrected chi connectivity index (χ1v) is 5.88. The fourth-order valence-electron chi connectivity index (χ4n) is 1.42. The molecule has 0 atom stereocenters. The van der Waals surface area contributed by atoms with E-state index >= 15 is 0 Å². The molecule has 1 aromatic carbocycles. The van der Waals surface area contributed by atoms with Crippen LogP contribution in [-0.4, -0.2) is 22.2 Å². The summed E-state index contributed by atoms with van der Waals surface area (Å²) >= 11 is 4.98. The van der Waals surface area contributed by atoms with Gasteiger partial charge in [-0.05, 0) is 24.3 Å². The van der Waals surface area contributed by atoms with Gasteiger partial charge >= 0.3 is 0 Å². The standard InChI is InChI=1S/C13H11N3O2S/c17-11-6-2-1-4-9(11)8-15-16-12(18)10-5-3-7-14-13(10)19/h1-8,17H,(H,14,19)(H,16,18)/b15-8+. The van der Waals surface area contributed by atoms with Crippen molar-refractivity contribution in [2.75, 3.05) is 0 Å².